The Labute approximate surface area is 305 Å². The molecular weight excluding hydrogens is 716 g/mol. The number of carboxylic acid groups (broad SMARTS) is 4. The number of carboxylic acids is 4. The van der Waals surface area contributed by atoms with Crippen LogP contribution in [0.25, 0.3) is 11.2 Å². The molecule has 0 spiro atoms. The molecule has 3 amide bonds. The van der Waals surface area contributed by atoms with Crippen LogP contribution in [0.5, 0.6) is 0 Å². The van der Waals surface area contributed by atoms with E-state index in [-0.39, 0.29) is 48.6 Å². The number of nitrogens with zero attached hydrogens (tertiary/aromatic N) is 3. The second-order valence-corrected chi connectivity index (χ2v) is 11.9. The number of aromatic amines is 1. The van der Waals surface area contributed by atoms with E-state index in [0.29, 0.717) is 11.4 Å². The van der Waals surface area contributed by atoms with Gasteiger partial charge in [0.2, 0.25) is 17.8 Å². The molecule has 0 radical (unpaired) electrons. The zero-order valence-corrected chi connectivity index (χ0v) is 28.8. The van der Waals surface area contributed by atoms with Gasteiger partial charge in [0.25, 0.3) is 11.5 Å². The Hall–Kier alpha value is -6.71. The molecule has 0 bridgehead atoms. The second kappa shape index (κ2) is 19.8. The fourth-order valence-electron chi connectivity index (χ4n) is 4.80. The van der Waals surface area contributed by atoms with Crippen molar-refractivity contribution in [3.05, 3.63) is 52.1 Å². The van der Waals surface area contributed by atoms with Gasteiger partial charge in [0, 0.05) is 24.1 Å². The van der Waals surface area contributed by atoms with Gasteiger partial charge in [-0.05, 0) is 63.4 Å². The van der Waals surface area contributed by atoms with Crippen LogP contribution >= 0.6 is 0 Å². The normalized spacial score (nSPS) is 13.1. The Bertz CT molecular complexity index is 1920. The predicted octanol–water partition coefficient (Wildman–Crippen LogP) is -1.37. The minimum absolute atomic E-state index is 0.00398. The third kappa shape index (κ3) is 13.1. The highest BCUT2D eigenvalue weighted by Gasteiger charge is 2.26. The molecule has 0 saturated carbocycles. The van der Waals surface area contributed by atoms with Gasteiger partial charge in [-0.25, -0.2) is 24.4 Å². The Morgan fingerprint density at radius 1 is 0.778 bits per heavy atom. The molecule has 54 heavy (non-hydrogen) atoms. The van der Waals surface area contributed by atoms with Crippen molar-refractivity contribution in [1.29, 1.82) is 0 Å². The van der Waals surface area contributed by atoms with Crippen molar-refractivity contribution in [2.45, 2.75) is 76.2 Å². The van der Waals surface area contributed by atoms with Crippen LogP contribution in [-0.2, 0) is 35.3 Å². The average molecular weight is 757 g/mol. The standard InChI is InChI=1S/C32H40N10O12/c1-15(28(47)48)34-12-2-3-19(29(49)50)38-22(43)10-8-20(30(51)52)39-23(44)11-9-21(31(53)54)40-26(45)16-4-6-17(7-5-16)35-13-18-14-36-25-24(37-18)27(46)42-32(33)41-25/h4-7,14-15,19-21,34-35H,2-3,8-13H2,1H3,(H,38,43)(H,39,44)(H,40,45)(H,47,48)(H,49,50)(H,51,52)(H,53,54)(H3,33,36,41,42,46). The summed E-state index contributed by atoms with van der Waals surface area (Å²) in [5.41, 5.74) is 6.10. The Morgan fingerprint density at radius 3 is 1.89 bits per heavy atom. The summed E-state index contributed by atoms with van der Waals surface area (Å²) in [6, 6.07) is 0.654. The van der Waals surface area contributed by atoms with Gasteiger partial charge in [-0.1, -0.05) is 0 Å². The second-order valence-electron chi connectivity index (χ2n) is 11.9. The summed E-state index contributed by atoms with van der Waals surface area (Å²) in [5.74, 6) is -7.90. The molecule has 1 aromatic carbocycles. The number of anilines is 2. The molecule has 2 heterocycles. The molecule has 0 aliphatic carbocycles. The fourth-order valence-corrected chi connectivity index (χ4v) is 4.80. The highest BCUT2D eigenvalue weighted by atomic mass is 16.4. The number of amides is 3. The lowest BCUT2D eigenvalue weighted by atomic mass is 10.1. The quantitative estimate of drug-likeness (QED) is 0.0527. The van der Waals surface area contributed by atoms with Crippen molar-refractivity contribution >= 4 is 64.4 Å². The van der Waals surface area contributed by atoms with Crippen LogP contribution in [0, 0.1) is 0 Å². The number of nitrogens with two attached hydrogens (primary N) is 1. The lowest BCUT2D eigenvalue weighted by molar-refractivity contribution is -0.143. The van der Waals surface area contributed by atoms with E-state index in [1.54, 1.807) is 12.1 Å². The maximum Gasteiger partial charge on any atom is 0.326 e. The number of fused-ring (bicyclic) bond motifs is 1. The van der Waals surface area contributed by atoms with E-state index < -0.39 is 97.0 Å². The average Bonchev–Trinajstić information content (AvgIpc) is 3.11. The molecule has 3 rings (SSSR count). The molecule has 22 nitrogen and oxygen atoms in total. The van der Waals surface area contributed by atoms with Crippen molar-refractivity contribution in [2.24, 2.45) is 0 Å². The molecule has 4 unspecified atom stereocenters. The van der Waals surface area contributed by atoms with Crippen LogP contribution in [0.2, 0.25) is 0 Å². The van der Waals surface area contributed by atoms with Crippen LogP contribution < -0.4 is 37.9 Å². The third-order valence-electron chi connectivity index (χ3n) is 7.79. The van der Waals surface area contributed by atoms with E-state index in [4.69, 9.17) is 10.8 Å². The van der Waals surface area contributed by atoms with Crippen molar-refractivity contribution in [3.63, 3.8) is 0 Å². The highest BCUT2D eigenvalue weighted by molar-refractivity contribution is 5.97. The first-order valence-electron chi connectivity index (χ1n) is 16.4. The van der Waals surface area contributed by atoms with Crippen LogP contribution in [0.15, 0.2) is 35.3 Å². The van der Waals surface area contributed by atoms with Gasteiger partial charge in [-0.2, -0.15) is 4.98 Å². The van der Waals surface area contributed by atoms with Crippen LogP contribution in [0.1, 0.15) is 61.5 Å². The number of aliphatic carboxylic acids is 4. The van der Waals surface area contributed by atoms with Crippen LogP contribution in [-0.4, -0.2) is 113 Å². The number of rotatable bonds is 22. The number of benzene rings is 1. The van der Waals surface area contributed by atoms with E-state index in [1.165, 1.54) is 25.3 Å². The minimum atomic E-state index is -1.56. The SMILES string of the molecule is CC(NCCCC(NC(=O)CCC(NC(=O)CCC(NC(=O)c1ccc(NCc2cnc3nc(N)[nH]c(=O)c3n2)cc1)C(=O)O)C(=O)O)C(=O)O)C(=O)O. The Balaban J connectivity index is 1.46. The zero-order valence-electron chi connectivity index (χ0n) is 28.8. The van der Waals surface area contributed by atoms with Crippen molar-refractivity contribution in [3.8, 4) is 0 Å². The number of hydrogen-bond acceptors (Lipinski definition) is 14. The topological polar surface area (TPSA) is 358 Å². The summed E-state index contributed by atoms with van der Waals surface area (Å²) in [4.78, 5) is 110. The molecule has 4 atom stereocenters. The maximum absolute atomic E-state index is 12.8. The fraction of sp³-hybridized carbons (Fsp3) is 0.406. The predicted molar refractivity (Wildman–Crippen MR) is 187 cm³/mol. The molecule has 0 fully saturated rings. The number of aromatic nitrogens is 4. The number of H-pyrrole nitrogens is 1. The third-order valence-corrected chi connectivity index (χ3v) is 7.79. The van der Waals surface area contributed by atoms with Gasteiger partial charge in [0.1, 0.15) is 24.2 Å². The number of nitrogen functional groups attached to an aromatic ring is 1. The monoisotopic (exact) mass is 756 g/mol. The van der Waals surface area contributed by atoms with Gasteiger partial charge >= 0.3 is 23.9 Å². The number of nitrogens with one attached hydrogen (secondary N) is 6. The summed E-state index contributed by atoms with van der Waals surface area (Å²) < 4.78 is 0. The van der Waals surface area contributed by atoms with Gasteiger partial charge in [-0.15, -0.1) is 0 Å². The maximum atomic E-state index is 12.8. The molecule has 0 aliphatic heterocycles. The van der Waals surface area contributed by atoms with Gasteiger partial charge in [-0.3, -0.25) is 29.0 Å². The molecular formula is C32H40N10O12. The summed E-state index contributed by atoms with van der Waals surface area (Å²) in [6.07, 6.45) is -0.196. The Morgan fingerprint density at radius 2 is 1.33 bits per heavy atom. The zero-order chi connectivity index (χ0) is 39.9. The lowest BCUT2D eigenvalue weighted by Crippen LogP contribution is -2.45. The van der Waals surface area contributed by atoms with Gasteiger partial charge in [0.15, 0.2) is 11.2 Å². The molecule has 12 N–H and O–H groups in total. The van der Waals surface area contributed by atoms with E-state index in [1.807, 2.05) is 0 Å². The first kappa shape index (κ1) is 41.7. The number of carbonyl (C=O) groups is 7. The Kier molecular flexibility index (Phi) is 15.3. The smallest absolute Gasteiger partial charge is 0.326 e. The van der Waals surface area contributed by atoms with E-state index >= 15 is 0 Å². The molecule has 290 valence electrons. The van der Waals surface area contributed by atoms with E-state index in [0.717, 1.165) is 0 Å². The van der Waals surface area contributed by atoms with Gasteiger partial charge < -0.3 is 52.7 Å². The molecule has 2 aromatic heterocycles. The lowest BCUT2D eigenvalue weighted by Gasteiger charge is -2.18. The summed E-state index contributed by atoms with van der Waals surface area (Å²) in [5, 5.41) is 50.0. The number of hydrogen-bond donors (Lipinski definition) is 11. The number of carbonyl (C=O) groups excluding carboxylic acids is 3. The first-order valence-corrected chi connectivity index (χ1v) is 16.4. The molecule has 3 aromatic rings. The first-order chi connectivity index (χ1) is 25.5. The van der Waals surface area contributed by atoms with E-state index in [9.17, 15) is 53.7 Å². The summed E-state index contributed by atoms with van der Waals surface area (Å²) in [6.45, 7) is 1.73. The van der Waals surface area contributed by atoms with Crippen LogP contribution in [0.3, 0.4) is 0 Å². The van der Waals surface area contributed by atoms with E-state index in [2.05, 4.69) is 46.5 Å². The van der Waals surface area contributed by atoms with Gasteiger partial charge in [0.05, 0.1) is 18.4 Å². The molecule has 0 aliphatic rings. The van der Waals surface area contributed by atoms with Crippen molar-refractivity contribution < 1.29 is 54.0 Å². The highest BCUT2D eigenvalue weighted by Crippen LogP contribution is 2.13. The van der Waals surface area contributed by atoms with Crippen molar-refractivity contribution in [1.82, 2.24) is 41.2 Å². The van der Waals surface area contributed by atoms with Crippen molar-refractivity contribution in [2.75, 3.05) is 17.6 Å². The molecule has 22 heteroatoms. The largest absolute Gasteiger partial charge is 0.480 e. The summed E-state index contributed by atoms with van der Waals surface area (Å²) in [7, 11) is 0. The minimum Gasteiger partial charge on any atom is -0.480 e. The van der Waals surface area contributed by atoms with Crippen LogP contribution in [0.4, 0.5) is 11.6 Å². The molecule has 0 saturated heterocycles. The summed E-state index contributed by atoms with van der Waals surface area (Å²) >= 11 is 0.